The number of rotatable bonds is 5. The molecule has 28 heavy (non-hydrogen) atoms. The van der Waals surface area contributed by atoms with Crippen LogP contribution < -0.4 is 5.32 Å². The Morgan fingerprint density at radius 3 is 2.68 bits per heavy atom. The predicted octanol–water partition coefficient (Wildman–Crippen LogP) is 5.54. The van der Waals surface area contributed by atoms with Gasteiger partial charge in [0, 0.05) is 27.3 Å². The molecule has 2 unspecified atom stereocenters. The first-order chi connectivity index (χ1) is 13.5. The van der Waals surface area contributed by atoms with Crippen LogP contribution in [0.15, 0.2) is 75.8 Å². The number of hydrogen-bond donors (Lipinski definition) is 2. The maximum atomic E-state index is 13.0. The number of carbonyl (C=O) groups is 1. The lowest BCUT2D eigenvalue weighted by atomic mass is 9.99. The van der Waals surface area contributed by atoms with Crippen LogP contribution in [0.2, 0.25) is 0 Å². The Morgan fingerprint density at radius 1 is 1.11 bits per heavy atom. The van der Waals surface area contributed by atoms with Crippen molar-refractivity contribution in [3.63, 3.8) is 0 Å². The summed E-state index contributed by atoms with van der Waals surface area (Å²) in [6, 6.07) is 19.0. The average molecular weight is 458 g/mol. The molecule has 0 fully saturated rings. The molecule has 1 heterocycles. The first-order valence-corrected chi connectivity index (χ1v) is 11.0. The fraction of sp³-hybridized carbons (Fsp3) is 0.0952. The number of furan rings is 1. The molecular formula is C21H17BrNO4P. The van der Waals surface area contributed by atoms with Gasteiger partial charge in [0.1, 0.15) is 5.58 Å². The molecule has 7 heteroatoms. The Kier molecular flexibility index (Phi) is 5.36. The van der Waals surface area contributed by atoms with Crippen LogP contribution in [0, 0.1) is 0 Å². The first kappa shape index (κ1) is 18.9. The van der Waals surface area contributed by atoms with E-state index in [1.54, 1.807) is 6.07 Å². The van der Waals surface area contributed by atoms with Crippen LogP contribution in [-0.2, 0) is 9.36 Å². The van der Waals surface area contributed by atoms with E-state index in [0.29, 0.717) is 16.8 Å². The largest absolute Gasteiger partial charge is 0.464 e. The summed E-state index contributed by atoms with van der Waals surface area (Å²) in [5, 5.41) is 5.70. The van der Waals surface area contributed by atoms with Crippen LogP contribution >= 0.6 is 24.0 Å². The van der Waals surface area contributed by atoms with Crippen LogP contribution in [0.4, 0.5) is 5.69 Å². The van der Waals surface area contributed by atoms with Gasteiger partial charge in [0.15, 0.2) is 8.03 Å². The molecule has 2 N–H and O–H groups in total. The van der Waals surface area contributed by atoms with Gasteiger partial charge in [-0.25, -0.2) is 0 Å². The van der Waals surface area contributed by atoms with Crippen molar-refractivity contribution in [2.75, 3.05) is 11.5 Å². The molecule has 4 aromatic rings. The van der Waals surface area contributed by atoms with E-state index >= 15 is 0 Å². The molecule has 0 saturated heterocycles. The molecule has 1 aromatic heterocycles. The Hall–Kier alpha value is -2.40. The van der Waals surface area contributed by atoms with Crippen molar-refractivity contribution in [2.24, 2.45) is 0 Å². The van der Waals surface area contributed by atoms with Crippen molar-refractivity contribution < 1.29 is 18.7 Å². The van der Waals surface area contributed by atoms with Gasteiger partial charge in [-0.2, -0.15) is 0 Å². The van der Waals surface area contributed by atoms with Crippen LogP contribution in [0.1, 0.15) is 11.5 Å². The van der Waals surface area contributed by atoms with E-state index in [9.17, 15) is 14.3 Å². The number of anilines is 1. The summed E-state index contributed by atoms with van der Waals surface area (Å²) >= 11 is 3.42. The van der Waals surface area contributed by atoms with E-state index in [1.165, 1.54) is 6.26 Å². The van der Waals surface area contributed by atoms with Crippen LogP contribution in [0.3, 0.4) is 0 Å². The minimum atomic E-state index is -2.87. The van der Waals surface area contributed by atoms with E-state index < -0.39 is 13.9 Å². The molecular weight excluding hydrogens is 441 g/mol. The van der Waals surface area contributed by atoms with E-state index in [1.807, 2.05) is 54.6 Å². The smallest absolute Gasteiger partial charge is 0.232 e. The second kappa shape index (κ2) is 7.92. The van der Waals surface area contributed by atoms with Crippen molar-refractivity contribution in [3.05, 3.63) is 77.0 Å². The summed E-state index contributed by atoms with van der Waals surface area (Å²) < 4.78 is 18.0. The van der Waals surface area contributed by atoms with Crippen LogP contribution in [0.25, 0.3) is 21.7 Å². The molecule has 0 spiro atoms. The van der Waals surface area contributed by atoms with Gasteiger partial charge in [-0.3, -0.25) is 9.36 Å². The summed E-state index contributed by atoms with van der Waals surface area (Å²) in [6.45, 7) is 0. The summed E-state index contributed by atoms with van der Waals surface area (Å²) in [6.07, 6.45) is 1.35. The van der Waals surface area contributed by atoms with Crippen molar-refractivity contribution in [1.29, 1.82) is 0 Å². The highest BCUT2D eigenvalue weighted by Crippen LogP contribution is 2.35. The standard InChI is InChI=1S/C21H17BrNO4P/c22-15-6-8-20-17(10-15)18(11-27-20)19(12-28(25)26)21(24)23-16-7-5-13-3-1-2-4-14(13)9-16/h1-11,19,28H,12H2,(H,23,24)(H,25,26). The van der Waals surface area contributed by atoms with Gasteiger partial charge in [-0.05, 0) is 41.1 Å². The number of fused-ring (bicyclic) bond motifs is 2. The third-order valence-electron chi connectivity index (χ3n) is 4.65. The number of hydrogen-bond acceptors (Lipinski definition) is 3. The summed E-state index contributed by atoms with van der Waals surface area (Å²) in [4.78, 5) is 22.5. The number of benzene rings is 3. The zero-order valence-corrected chi connectivity index (χ0v) is 17.3. The highest BCUT2D eigenvalue weighted by Gasteiger charge is 2.26. The highest BCUT2D eigenvalue weighted by atomic mass is 79.9. The monoisotopic (exact) mass is 457 g/mol. The Morgan fingerprint density at radius 2 is 1.89 bits per heavy atom. The fourth-order valence-electron chi connectivity index (χ4n) is 3.31. The third kappa shape index (κ3) is 3.90. The molecule has 2 atom stereocenters. The molecule has 4 rings (SSSR count). The van der Waals surface area contributed by atoms with Gasteiger partial charge >= 0.3 is 0 Å². The van der Waals surface area contributed by atoms with Crippen LogP contribution in [-0.4, -0.2) is 17.0 Å². The molecule has 0 aliphatic carbocycles. The normalized spacial score (nSPS) is 13.5. The maximum Gasteiger partial charge on any atom is 0.232 e. The van der Waals surface area contributed by atoms with Gasteiger partial charge in [-0.15, -0.1) is 0 Å². The SMILES string of the molecule is O=C(Nc1ccc2ccccc2c1)C(C[PH](=O)O)c1coc2ccc(Br)cc12. The summed E-state index contributed by atoms with van der Waals surface area (Å²) in [5.41, 5.74) is 1.86. The molecule has 5 nitrogen and oxygen atoms in total. The van der Waals surface area contributed by atoms with Gasteiger partial charge in [0.2, 0.25) is 5.91 Å². The van der Waals surface area contributed by atoms with Crippen molar-refractivity contribution in [3.8, 4) is 0 Å². The number of carbonyl (C=O) groups excluding carboxylic acids is 1. The fourth-order valence-corrected chi connectivity index (χ4v) is 4.42. The average Bonchev–Trinajstić information content (AvgIpc) is 3.08. The summed E-state index contributed by atoms with van der Waals surface area (Å²) in [5.74, 6) is -1.14. The summed E-state index contributed by atoms with van der Waals surface area (Å²) in [7, 11) is -2.87. The molecule has 1 amide bonds. The van der Waals surface area contributed by atoms with Crippen molar-refractivity contribution >= 4 is 57.3 Å². The lowest BCUT2D eigenvalue weighted by Crippen LogP contribution is -2.22. The number of amides is 1. The second-order valence-electron chi connectivity index (χ2n) is 6.53. The third-order valence-corrected chi connectivity index (χ3v) is 5.90. The Bertz CT molecular complexity index is 1200. The predicted molar refractivity (Wildman–Crippen MR) is 115 cm³/mol. The molecule has 0 saturated carbocycles. The Labute approximate surface area is 170 Å². The second-order valence-corrected chi connectivity index (χ2v) is 8.64. The molecule has 0 radical (unpaired) electrons. The highest BCUT2D eigenvalue weighted by molar-refractivity contribution is 9.10. The van der Waals surface area contributed by atoms with Gasteiger partial charge < -0.3 is 14.6 Å². The Balaban J connectivity index is 1.68. The topological polar surface area (TPSA) is 79.5 Å². The number of nitrogens with one attached hydrogen (secondary N) is 1. The van der Waals surface area contributed by atoms with Crippen molar-refractivity contribution in [1.82, 2.24) is 0 Å². The lowest BCUT2D eigenvalue weighted by molar-refractivity contribution is -0.117. The van der Waals surface area contributed by atoms with Gasteiger partial charge in [0.05, 0.1) is 12.2 Å². The maximum absolute atomic E-state index is 13.0. The molecule has 3 aromatic carbocycles. The lowest BCUT2D eigenvalue weighted by Gasteiger charge is -2.15. The van der Waals surface area contributed by atoms with E-state index in [0.717, 1.165) is 20.6 Å². The van der Waals surface area contributed by atoms with E-state index in [2.05, 4.69) is 21.2 Å². The van der Waals surface area contributed by atoms with Crippen LogP contribution in [0.5, 0.6) is 0 Å². The minimum absolute atomic E-state index is 0.148. The zero-order chi connectivity index (χ0) is 19.7. The molecule has 0 aliphatic rings. The zero-order valence-electron chi connectivity index (χ0n) is 14.7. The first-order valence-electron chi connectivity index (χ1n) is 8.69. The van der Waals surface area contributed by atoms with Gasteiger partial charge in [-0.1, -0.05) is 46.3 Å². The van der Waals surface area contributed by atoms with Crippen molar-refractivity contribution in [2.45, 2.75) is 5.92 Å². The molecule has 142 valence electrons. The minimum Gasteiger partial charge on any atom is -0.464 e. The molecule has 0 aliphatic heterocycles. The number of halogens is 1. The van der Waals surface area contributed by atoms with E-state index in [4.69, 9.17) is 4.42 Å². The molecule has 0 bridgehead atoms. The quantitative estimate of drug-likeness (QED) is 0.385. The van der Waals surface area contributed by atoms with Gasteiger partial charge in [0.25, 0.3) is 0 Å². The van der Waals surface area contributed by atoms with E-state index in [-0.39, 0.29) is 12.1 Å².